The van der Waals surface area contributed by atoms with Crippen LogP contribution in [-0.4, -0.2) is 48.2 Å². The van der Waals surface area contributed by atoms with Gasteiger partial charge in [0, 0.05) is 25.7 Å². The molecular formula is C22H23N3O3. The van der Waals surface area contributed by atoms with Crippen molar-refractivity contribution in [2.75, 3.05) is 26.3 Å². The van der Waals surface area contributed by atoms with Crippen LogP contribution in [0.2, 0.25) is 0 Å². The number of amides is 1. The van der Waals surface area contributed by atoms with Crippen LogP contribution in [0.4, 0.5) is 0 Å². The molecule has 0 aliphatic carbocycles. The Morgan fingerprint density at radius 3 is 2.68 bits per heavy atom. The van der Waals surface area contributed by atoms with E-state index in [0.717, 1.165) is 12.0 Å². The second-order valence-electron chi connectivity index (χ2n) is 7.31. The molecule has 144 valence electrons. The maximum Gasteiger partial charge on any atom is 0.259 e. The third kappa shape index (κ3) is 3.58. The van der Waals surface area contributed by atoms with E-state index >= 15 is 0 Å². The minimum absolute atomic E-state index is 0.0628. The highest BCUT2D eigenvalue weighted by molar-refractivity contribution is 5.96. The molecule has 2 saturated heterocycles. The Balaban J connectivity index is 1.48. The standard InChI is InChI=1S/C22H23N3O3/c23-16-22(17-5-2-1-3-6-17)9-12-25(13-10-22)21(26)19-7-4-11-24-20(19)28-18-8-14-27-15-18/h1-7,11,18H,8-10,12-15H2/t18-/m1/s1. The van der Waals surface area contributed by atoms with Crippen molar-refractivity contribution in [2.24, 2.45) is 0 Å². The first-order valence-electron chi connectivity index (χ1n) is 9.67. The number of aromatic nitrogens is 1. The highest BCUT2D eigenvalue weighted by Gasteiger charge is 2.38. The Kier molecular flexibility index (Phi) is 5.27. The van der Waals surface area contributed by atoms with E-state index in [-0.39, 0.29) is 12.0 Å². The molecule has 1 aromatic heterocycles. The molecule has 0 unspecified atom stereocenters. The SMILES string of the molecule is N#CC1(c2ccccc2)CCN(C(=O)c2cccnc2O[C@@H]2CCOC2)CC1. The largest absolute Gasteiger partial charge is 0.471 e. The first-order valence-corrected chi connectivity index (χ1v) is 9.67. The van der Waals surface area contributed by atoms with Crippen molar-refractivity contribution in [3.05, 3.63) is 59.8 Å². The Morgan fingerprint density at radius 1 is 1.21 bits per heavy atom. The third-order valence-electron chi connectivity index (χ3n) is 5.61. The normalized spacial score (nSPS) is 21.1. The number of carbonyl (C=O) groups excluding carboxylic acids is 1. The van der Waals surface area contributed by atoms with Crippen LogP contribution in [0.1, 0.15) is 35.2 Å². The van der Waals surface area contributed by atoms with Crippen LogP contribution < -0.4 is 4.74 Å². The fourth-order valence-electron chi connectivity index (χ4n) is 3.90. The van der Waals surface area contributed by atoms with Crippen LogP contribution in [0, 0.1) is 11.3 Å². The summed E-state index contributed by atoms with van der Waals surface area (Å²) < 4.78 is 11.3. The number of carbonyl (C=O) groups is 1. The number of benzene rings is 1. The molecule has 1 amide bonds. The van der Waals surface area contributed by atoms with Gasteiger partial charge < -0.3 is 14.4 Å². The van der Waals surface area contributed by atoms with Crippen molar-refractivity contribution < 1.29 is 14.3 Å². The van der Waals surface area contributed by atoms with Gasteiger partial charge in [-0.2, -0.15) is 5.26 Å². The van der Waals surface area contributed by atoms with Crippen LogP contribution in [0.5, 0.6) is 5.88 Å². The molecule has 2 aromatic rings. The number of pyridine rings is 1. The van der Waals surface area contributed by atoms with Gasteiger partial charge in [-0.3, -0.25) is 4.79 Å². The molecule has 0 N–H and O–H groups in total. The van der Waals surface area contributed by atoms with Crippen LogP contribution >= 0.6 is 0 Å². The number of piperidine rings is 1. The zero-order valence-corrected chi connectivity index (χ0v) is 15.7. The molecule has 1 aromatic carbocycles. The summed E-state index contributed by atoms with van der Waals surface area (Å²) >= 11 is 0. The average Bonchev–Trinajstić information content (AvgIpc) is 3.27. The van der Waals surface area contributed by atoms with E-state index in [1.807, 2.05) is 30.3 Å². The summed E-state index contributed by atoms with van der Waals surface area (Å²) in [5, 5.41) is 9.85. The van der Waals surface area contributed by atoms with Gasteiger partial charge in [0.25, 0.3) is 5.91 Å². The predicted octanol–water partition coefficient (Wildman–Crippen LogP) is 2.95. The minimum atomic E-state index is -0.534. The summed E-state index contributed by atoms with van der Waals surface area (Å²) in [5.41, 5.74) is 0.961. The van der Waals surface area contributed by atoms with Crippen LogP contribution in [-0.2, 0) is 10.2 Å². The second kappa shape index (κ2) is 7.99. The minimum Gasteiger partial charge on any atom is -0.471 e. The van der Waals surface area contributed by atoms with Gasteiger partial charge in [0.2, 0.25) is 5.88 Å². The molecule has 4 rings (SSSR count). The van der Waals surface area contributed by atoms with Crippen molar-refractivity contribution in [3.63, 3.8) is 0 Å². The third-order valence-corrected chi connectivity index (χ3v) is 5.61. The maximum atomic E-state index is 13.1. The van der Waals surface area contributed by atoms with Gasteiger partial charge in [0.15, 0.2) is 0 Å². The van der Waals surface area contributed by atoms with Gasteiger partial charge in [0.05, 0.1) is 24.7 Å². The lowest BCUT2D eigenvalue weighted by Gasteiger charge is -2.37. The molecular weight excluding hydrogens is 354 g/mol. The molecule has 6 nitrogen and oxygen atoms in total. The molecule has 3 heterocycles. The fraction of sp³-hybridized carbons (Fsp3) is 0.409. The number of hydrogen-bond acceptors (Lipinski definition) is 5. The van der Waals surface area contributed by atoms with Gasteiger partial charge in [-0.05, 0) is 30.5 Å². The number of hydrogen-bond donors (Lipinski definition) is 0. The van der Waals surface area contributed by atoms with Gasteiger partial charge in [0.1, 0.15) is 11.7 Å². The van der Waals surface area contributed by atoms with Crippen molar-refractivity contribution >= 4 is 5.91 Å². The van der Waals surface area contributed by atoms with Crippen molar-refractivity contribution in [1.29, 1.82) is 5.26 Å². The van der Waals surface area contributed by atoms with Crippen LogP contribution in [0.3, 0.4) is 0 Å². The van der Waals surface area contributed by atoms with Crippen molar-refractivity contribution in [3.8, 4) is 11.9 Å². The molecule has 2 aliphatic rings. The fourth-order valence-corrected chi connectivity index (χ4v) is 3.90. The van der Waals surface area contributed by atoms with Gasteiger partial charge in [-0.15, -0.1) is 0 Å². The number of likely N-dealkylation sites (tertiary alicyclic amines) is 1. The van der Waals surface area contributed by atoms with Crippen molar-refractivity contribution in [1.82, 2.24) is 9.88 Å². The molecule has 1 atom stereocenters. The van der Waals surface area contributed by atoms with Crippen molar-refractivity contribution in [2.45, 2.75) is 30.8 Å². The number of ether oxygens (including phenoxy) is 2. The van der Waals surface area contributed by atoms with E-state index in [4.69, 9.17) is 9.47 Å². The first kappa shape index (κ1) is 18.5. The number of nitriles is 1. The number of nitrogens with zero attached hydrogens (tertiary/aromatic N) is 3. The van der Waals surface area contributed by atoms with E-state index in [2.05, 4.69) is 11.1 Å². The molecule has 0 spiro atoms. The van der Waals surface area contributed by atoms with E-state index < -0.39 is 5.41 Å². The van der Waals surface area contributed by atoms with Crippen LogP contribution in [0.15, 0.2) is 48.7 Å². The lowest BCUT2D eigenvalue weighted by molar-refractivity contribution is 0.0681. The van der Waals surface area contributed by atoms with Gasteiger partial charge >= 0.3 is 0 Å². The summed E-state index contributed by atoms with van der Waals surface area (Å²) in [6.07, 6.45) is 3.61. The molecule has 0 radical (unpaired) electrons. The van der Waals surface area contributed by atoms with E-state index in [1.54, 1.807) is 23.2 Å². The lowest BCUT2D eigenvalue weighted by atomic mass is 9.74. The monoisotopic (exact) mass is 377 g/mol. The lowest BCUT2D eigenvalue weighted by Crippen LogP contribution is -2.44. The molecule has 2 aliphatic heterocycles. The summed E-state index contributed by atoms with van der Waals surface area (Å²) in [6, 6.07) is 15.9. The quantitative estimate of drug-likeness (QED) is 0.819. The van der Waals surface area contributed by atoms with Gasteiger partial charge in [-0.1, -0.05) is 30.3 Å². The van der Waals surface area contributed by atoms with Gasteiger partial charge in [-0.25, -0.2) is 4.98 Å². The zero-order valence-electron chi connectivity index (χ0n) is 15.7. The molecule has 0 saturated carbocycles. The topological polar surface area (TPSA) is 75.5 Å². The number of rotatable bonds is 4. The summed E-state index contributed by atoms with van der Waals surface area (Å²) in [4.78, 5) is 19.2. The van der Waals surface area contributed by atoms with Crippen LogP contribution in [0.25, 0.3) is 0 Å². The Labute approximate surface area is 164 Å². The smallest absolute Gasteiger partial charge is 0.259 e. The molecule has 2 fully saturated rings. The Morgan fingerprint density at radius 2 is 2.00 bits per heavy atom. The Hall–Kier alpha value is -2.91. The maximum absolute atomic E-state index is 13.1. The zero-order chi connectivity index (χ0) is 19.4. The highest BCUT2D eigenvalue weighted by Crippen LogP contribution is 2.35. The summed E-state index contributed by atoms with van der Waals surface area (Å²) in [5.74, 6) is 0.268. The predicted molar refractivity (Wildman–Crippen MR) is 103 cm³/mol. The summed E-state index contributed by atoms with van der Waals surface area (Å²) in [6.45, 7) is 2.25. The van der Waals surface area contributed by atoms with E-state index in [9.17, 15) is 10.1 Å². The molecule has 6 heteroatoms. The first-order chi connectivity index (χ1) is 13.7. The highest BCUT2D eigenvalue weighted by atomic mass is 16.5. The second-order valence-corrected chi connectivity index (χ2v) is 7.31. The molecule has 28 heavy (non-hydrogen) atoms. The average molecular weight is 377 g/mol. The van der Waals surface area contributed by atoms with E-state index in [0.29, 0.717) is 50.6 Å². The van der Waals surface area contributed by atoms with E-state index in [1.165, 1.54) is 0 Å². The molecule has 0 bridgehead atoms. The summed E-state index contributed by atoms with van der Waals surface area (Å²) in [7, 11) is 0. The Bertz CT molecular complexity index is 864.